The highest BCUT2D eigenvalue weighted by atomic mass is 35.5. The summed E-state index contributed by atoms with van der Waals surface area (Å²) >= 11 is 0. The maximum Gasteiger partial charge on any atom is 0.348 e. The number of carbonyl (C=O) groups excluding carboxylic acids is 2. The number of fused-ring (bicyclic) bond motifs is 1. The molecule has 0 N–H and O–H groups in total. The van der Waals surface area contributed by atoms with Gasteiger partial charge in [-0.25, -0.2) is 18.7 Å². The van der Waals surface area contributed by atoms with Crippen molar-refractivity contribution in [3.8, 4) is 0 Å². The van der Waals surface area contributed by atoms with Crippen molar-refractivity contribution < 1.29 is 23.6 Å². The Morgan fingerprint density at radius 3 is 2.32 bits per heavy atom. The van der Waals surface area contributed by atoms with Gasteiger partial charge in [-0.3, -0.25) is 0 Å². The molecule has 0 spiro atoms. The molecule has 0 aliphatic heterocycles. The van der Waals surface area contributed by atoms with E-state index in [0.717, 1.165) is 29.7 Å². The van der Waals surface area contributed by atoms with Gasteiger partial charge in [0.05, 0.1) is 13.2 Å². The first kappa shape index (κ1) is 21.0. The number of hydrogen-bond acceptors (Lipinski definition) is 4. The van der Waals surface area contributed by atoms with Gasteiger partial charge in [0.15, 0.2) is 24.1 Å². The predicted molar refractivity (Wildman–Crippen MR) is 96.6 cm³/mol. The Labute approximate surface area is 154 Å². The van der Waals surface area contributed by atoms with Gasteiger partial charge in [-0.2, -0.15) is 0 Å². The van der Waals surface area contributed by atoms with E-state index in [9.17, 15) is 9.59 Å². The molecule has 25 heavy (non-hydrogen) atoms. The first-order valence-corrected chi connectivity index (χ1v) is 8.43. The quantitative estimate of drug-likeness (QED) is 0.529. The Morgan fingerprint density at radius 1 is 1.04 bits per heavy atom. The Balaban J connectivity index is 0.00000312. The average Bonchev–Trinajstić information content (AvgIpc) is 2.83. The minimum Gasteiger partial charge on any atom is -0.463 e. The van der Waals surface area contributed by atoms with Crippen LogP contribution in [0.25, 0.3) is 11.0 Å². The Kier molecular flexibility index (Phi) is 8.41. The summed E-state index contributed by atoms with van der Waals surface area (Å²) in [4.78, 5) is 24.0. The van der Waals surface area contributed by atoms with Crippen LogP contribution in [-0.4, -0.2) is 29.7 Å². The van der Waals surface area contributed by atoms with Gasteiger partial charge in [-0.1, -0.05) is 19.1 Å². The summed E-state index contributed by atoms with van der Waals surface area (Å²) in [7, 11) is 0. The highest BCUT2D eigenvalue weighted by molar-refractivity contribution is 5.85. The second-order valence-corrected chi connectivity index (χ2v) is 5.44. The lowest BCUT2D eigenvalue weighted by Crippen LogP contribution is -2.42. The first-order valence-electron chi connectivity index (χ1n) is 8.43. The summed E-state index contributed by atoms with van der Waals surface area (Å²) in [5.74, 6) is 0.373. The molecule has 2 aromatic rings. The van der Waals surface area contributed by atoms with Crippen molar-refractivity contribution in [1.82, 2.24) is 4.57 Å². The van der Waals surface area contributed by atoms with Gasteiger partial charge < -0.3 is 9.47 Å². The number of ether oxygens (including phenoxy) is 2. The van der Waals surface area contributed by atoms with Crippen molar-refractivity contribution in [2.24, 2.45) is 0 Å². The molecule has 0 radical (unpaired) electrons. The molecule has 0 unspecified atom stereocenters. The standard InChI is InChI=1S/C18H25N2O4.ClH/c1-4-9-16-19(12-17(21)23-5-2)14-10-7-8-11-15(14)20(16)13-18(22)24-6-3;/h7-8,10-11H,4-6,9,12-13H2,1-3H3;1H/q+1;. The minimum absolute atomic E-state index is 0. The van der Waals surface area contributed by atoms with Crippen LogP contribution in [0.4, 0.5) is 0 Å². The van der Waals surface area contributed by atoms with Gasteiger partial charge >= 0.3 is 11.9 Å². The molecule has 2 rings (SSSR count). The number of rotatable bonds is 8. The maximum atomic E-state index is 12.0. The smallest absolute Gasteiger partial charge is 0.348 e. The number of carbonyl (C=O) groups is 2. The van der Waals surface area contributed by atoms with Gasteiger partial charge in [-0.05, 0) is 32.4 Å². The molecule has 0 atom stereocenters. The number of benzene rings is 1. The molecule has 1 aromatic heterocycles. The van der Waals surface area contributed by atoms with Crippen LogP contribution in [0.2, 0.25) is 0 Å². The van der Waals surface area contributed by atoms with E-state index in [2.05, 4.69) is 6.92 Å². The summed E-state index contributed by atoms with van der Waals surface area (Å²) in [6, 6.07) is 7.76. The summed E-state index contributed by atoms with van der Waals surface area (Å²) in [5, 5.41) is 0. The van der Waals surface area contributed by atoms with Crippen molar-refractivity contribution >= 4 is 35.4 Å². The molecule has 1 aromatic carbocycles. The summed E-state index contributed by atoms with van der Waals surface area (Å²) < 4.78 is 14.1. The van der Waals surface area contributed by atoms with Crippen molar-refractivity contribution in [2.45, 2.75) is 46.7 Å². The second-order valence-electron chi connectivity index (χ2n) is 5.44. The van der Waals surface area contributed by atoms with Gasteiger partial charge in [0.25, 0.3) is 5.82 Å². The van der Waals surface area contributed by atoms with E-state index in [4.69, 9.17) is 9.47 Å². The number of halogens is 1. The molecular formula is C18H26ClN2O4+. The lowest BCUT2D eigenvalue weighted by molar-refractivity contribution is -0.668. The Hall–Kier alpha value is -2.08. The van der Waals surface area contributed by atoms with E-state index < -0.39 is 0 Å². The predicted octanol–water partition coefficient (Wildman–Crippen LogP) is 2.43. The van der Waals surface area contributed by atoms with E-state index in [-0.39, 0.29) is 37.4 Å². The molecule has 1 heterocycles. The van der Waals surface area contributed by atoms with Gasteiger partial charge in [-0.15, -0.1) is 12.4 Å². The largest absolute Gasteiger partial charge is 0.463 e. The minimum atomic E-state index is -0.279. The number of para-hydroxylation sites is 2. The summed E-state index contributed by atoms with van der Waals surface area (Å²) in [5.41, 5.74) is 1.83. The zero-order chi connectivity index (χ0) is 17.5. The molecule has 7 heteroatoms. The van der Waals surface area contributed by atoms with E-state index in [0.29, 0.717) is 13.2 Å². The molecule has 0 amide bonds. The lowest BCUT2D eigenvalue weighted by atomic mass is 10.3. The molecule has 0 aliphatic rings. The highest BCUT2D eigenvalue weighted by Gasteiger charge is 2.27. The number of esters is 2. The van der Waals surface area contributed by atoms with Crippen LogP contribution in [0.15, 0.2) is 24.3 Å². The van der Waals surface area contributed by atoms with Crippen LogP contribution in [0.3, 0.4) is 0 Å². The van der Waals surface area contributed by atoms with E-state index in [1.807, 2.05) is 33.4 Å². The van der Waals surface area contributed by atoms with Crippen molar-refractivity contribution in [3.63, 3.8) is 0 Å². The Morgan fingerprint density at radius 2 is 1.68 bits per heavy atom. The van der Waals surface area contributed by atoms with Crippen molar-refractivity contribution in [3.05, 3.63) is 30.1 Å². The van der Waals surface area contributed by atoms with Crippen LogP contribution in [-0.2, 0) is 38.6 Å². The number of aromatic nitrogens is 2. The normalized spacial score (nSPS) is 10.4. The van der Waals surface area contributed by atoms with Crippen LogP contribution in [0, 0.1) is 0 Å². The third-order valence-electron chi connectivity index (χ3n) is 3.75. The number of nitrogens with zero attached hydrogens (tertiary/aromatic N) is 2. The molecule has 138 valence electrons. The van der Waals surface area contributed by atoms with E-state index >= 15 is 0 Å². The lowest BCUT2D eigenvalue weighted by Gasteiger charge is -2.05. The fourth-order valence-electron chi connectivity index (χ4n) is 2.86. The van der Waals surface area contributed by atoms with Crippen molar-refractivity contribution in [2.75, 3.05) is 13.2 Å². The highest BCUT2D eigenvalue weighted by Crippen LogP contribution is 2.16. The third-order valence-corrected chi connectivity index (χ3v) is 3.75. The first-order chi connectivity index (χ1) is 11.6. The zero-order valence-electron chi connectivity index (χ0n) is 15.0. The third kappa shape index (κ3) is 4.95. The fraction of sp³-hybridized carbons (Fsp3) is 0.500. The second kappa shape index (κ2) is 10.0. The molecular weight excluding hydrogens is 344 g/mol. The van der Waals surface area contributed by atoms with Gasteiger partial charge in [0.1, 0.15) is 0 Å². The zero-order valence-corrected chi connectivity index (χ0v) is 15.8. The molecule has 0 fully saturated rings. The van der Waals surface area contributed by atoms with Crippen LogP contribution in [0.5, 0.6) is 0 Å². The van der Waals surface area contributed by atoms with Gasteiger partial charge in [0, 0.05) is 6.42 Å². The molecule has 0 aliphatic carbocycles. The van der Waals surface area contributed by atoms with E-state index in [1.165, 1.54) is 0 Å². The Bertz CT molecular complexity index is 670. The molecule has 0 saturated carbocycles. The molecule has 0 saturated heterocycles. The molecule has 0 bridgehead atoms. The van der Waals surface area contributed by atoms with Crippen LogP contribution < -0.4 is 4.57 Å². The average molecular weight is 370 g/mol. The topological polar surface area (TPSA) is 61.4 Å². The summed E-state index contributed by atoms with van der Waals surface area (Å²) in [6.45, 7) is 6.63. The fourth-order valence-corrected chi connectivity index (χ4v) is 2.86. The SMILES string of the molecule is CCCc1n(CC(=O)OCC)c2ccccc2[n+]1CC(=O)OCC.Cl. The number of imidazole rings is 1. The molecule has 6 nitrogen and oxygen atoms in total. The monoisotopic (exact) mass is 369 g/mol. The van der Waals surface area contributed by atoms with Gasteiger partial charge in [0.2, 0.25) is 0 Å². The van der Waals surface area contributed by atoms with E-state index in [1.54, 1.807) is 13.8 Å². The maximum absolute atomic E-state index is 12.0. The number of hydrogen-bond donors (Lipinski definition) is 0. The summed E-state index contributed by atoms with van der Waals surface area (Å²) in [6.07, 6.45) is 1.66. The van der Waals surface area contributed by atoms with Crippen LogP contribution in [0.1, 0.15) is 33.0 Å². The van der Waals surface area contributed by atoms with Crippen molar-refractivity contribution in [1.29, 1.82) is 0 Å². The van der Waals surface area contributed by atoms with Crippen LogP contribution >= 0.6 is 12.4 Å².